The van der Waals surface area contributed by atoms with Gasteiger partial charge in [0.1, 0.15) is 11.4 Å². The van der Waals surface area contributed by atoms with Gasteiger partial charge in [0.15, 0.2) is 0 Å². The standard InChI is InChI=1S/C32H22N2O6/c1-39-31(37)19-7-3-17(4-8-19)21-11-13-25-23(15-21)29(35)27(33-25)28-30(36)24-16-22(12-14-26(24)34-28)18-5-9-20(10-6-18)32(38)40-2/h3-16,33-34H,1-2H3/b28-27+. The molecule has 0 aromatic heterocycles. The van der Waals surface area contributed by atoms with Crippen molar-refractivity contribution in [3.63, 3.8) is 0 Å². The van der Waals surface area contributed by atoms with Crippen molar-refractivity contribution in [2.75, 3.05) is 24.9 Å². The van der Waals surface area contributed by atoms with E-state index >= 15 is 0 Å². The van der Waals surface area contributed by atoms with Gasteiger partial charge in [-0.1, -0.05) is 36.4 Å². The summed E-state index contributed by atoms with van der Waals surface area (Å²) in [6, 6.07) is 24.7. The monoisotopic (exact) mass is 530 g/mol. The van der Waals surface area contributed by atoms with Gasteiger partial charge in [0, 0.05) is 22.5 Å². The number of anilines is 2. The van der Waals surface area contributed by atoms with E-state index in [0.717, 1.165) is 22.3 Å². The lowest BCUT2D eigenvalue weighted by molar-refractivity contribution is 0.0592. The normalized spacial score (nSPS) is 15.2. The molecule has 0 radical (unpaired) electrons. The van der Waals surface area contributed by atoms with Crippen LogP contribution < -0.4 is 10.6 Å². The van der Waals surface area contributed by atoms with E-state index < -0.39 is 11.9 Å². The van der Waals surface area contributed by atoms with Crippen LogP contribution >= 0.6 is 0 Å². The van der Waals surface area contributed by atoms with Gasteiger partial charge in [0.25, 0.3) is 0 Å². The van der Waals surface area contributed by atoms with E-state index in [0.29, 0.717) is 33.6 Å². The lowest BCUT2D eigenvalue weighted by Gasteiger charge is -2.05. The Kier molecular flexibility index (Phi) is 6.00. The number of nitrogens with one attached hydrogen (secondary N) is 2. The van der Waals surface area contributed by atoms with Crippen LogP contribution in [0.4, 0.5) is 11.4 Å². The number of Topliss-reactive ketones (excluding diaryl/α,β-unsaturated/α-hetero) is 2. The van der Waals surface area contributed by atoms with Crippen molar-refractivity contribution in [2.24, 2.45) is 0 Å². The highest BCUT2D eigenvalue weighted by molar-refractivity contribution is 6.27. The molecule has 0 unspecified atom stereocenters. The minimum Gasteiger partial charge on any atom is -0.465 e. The number of carbonyl (C=O) groups excluding carboxylic acids is 4. The highest BCUT2D eigenvalue weighted by atomic mass is 16.5. The van der Waals surface area contributed by atoms with Crippen LogP contribution in [0.5, 0.6) is 0 Å². The highest BCUT2D eigenvalue weighted by Gasteiger charge is 2.35. The number of carbonyl (C=O) groups is 4. The molecule has 2 aliphatic heterocycles. The summed E-state index contributed by atoms with van der Waals surface area (Å²) in [5.41, 5.74) is 6.64. The molecule has 4 aromatic rings. The molecular weight excluding hydrogens is 508 g/mol. The van der Waals surface area contributed by atoms with Crippen molar-refractivity contribution < 1.29 is 28.7 Å². The Balaban J connectivity index is 1.27. The van der Waals surface area contributed by atoms with Gasteiger partial charge in [0.2, 0.25) is 11.6 Å². The third kappa shape index (κ3) is 4.12. The second kappa shape index (κ2) is 9.67. The molecule has 0 spiro atoms. The second-order valence-corrected chi connectivity index (χ2v) is 9.32. The van der Waals surface area contributed by atoms with Crippen molar-refractivity contribution in [2.45, 2.75) is 0 Å². The molecule has 0 aliphatic carbocycles. The Bertz CT molecular complexity index is 1640. The highest BCUT2D eigenvalue weighted by Crippen LogP contribution is 2.38. The Morgan fingerprint density at radius 3 is 1.23 bits per heavy atom. The van der Waals surface area contributed by atoms with Crippen LogP contribution in [0.1, 0.15) is 41.4 Å². The second-order valence-electron chi connectivity index (χ2n) is 9.32. The van der Waals surface area contributed by atoms with Crippen molar-refractivity contribution in [1.29, 1.82) is 0 Å². The summed E-state index contributed by atoms with van der Waals surface area (Å²) in [5.74, 6) is -1.42. The zero-order valence-corrected chi connectivity index (χ0v) is 21.5. The molecule has 8 nitrogen and oxygen atoms in total. The summed E-state index contributed by atoms with van der Waals surface area (Å²) in [6.07, 6.45) is 0. The van der Waals surface area contributed by atoms with E-state index in [4.69, 9.17) is 9.47 Å². The largest absolute Gasteiger partial charge is 0.465 e. The quantitative estimate of drug-likeness (QED) is 0.255. The summed E-state index contributed by atoms with van der Waals surface area (Å²) in [4.78, 5) is 50.3. The molecule has 6 rings (SSSR count). The average molecular weight is 531 g/mol. The zero-order valence-electron chi connectivity index (χ0n) is 21.5. The number of allylic oxidation sites excluding steroid dienone is 2. The van der Waals surface area contributed by atoms with E-state index in [9.17, 15) is 19.2 Å². The molecule has 0 fully saturated rings. The van der Waals surface area contributed by atoms with Crippen molar-refractivity contribution in [3.8, 4) is 22.3 Å². The Labute approximate surface area is 229 Å². The van der Waals surface area contributed by atoms with Crippen LogP contribution in [0.15, 0.2) is 96.3 Å². The number of methoxy groups -OCH3 is 2. The first kappa shape index (κ1) is 24.8. The first-order valence-corrected chi connectivity index (χ1v) is 12.4. The molecule has 196 valence electrons. The number of hydrogen-bond donors (Lipinski definition) is 2. The van der Waals surface area contributed by atoms with Gasteiger partial charge >= 0.3 is 11.9 Å². The summed E-state index contributed by atoms with van der Waals surface area (Å²) in [5, 5.41) is 6.22. The fraction of sp³-hybridized carbons (Fsp3) is 0.0625. The van der Waals surface area contributed by atoms with Crippen LogP contribution in [0, 0.1) is 0 Å². The fourth-order valence-electron chi connectivity index (χ4n) is 4.88. The topological polar surface area (TPSA) is 111 Å². The van der Waals surface area contributed by atoms with Gasteiger partial charge in [-0.15, -0.1) is 0 Å². The van der Waals surface area contributed by atoms with Crippen molar-refractivity contribution in [3.05, 3.63) is 119 Å². The smallest absolute Gasteiger partial charge is 0.337 e. The van der Waals surface area contributed by atoms with E-state index in [2.05, 4.69) is 10.6 Å². The molecule has 40 heavy (non-hydrogen) atoms. The molecule has 2 N–H and O–H groups in total. The Morgan fingerprint density at radius 2 is 0.875 bits per heavy atom. The third-order valence-corrected chi connectivity index (χ3v) is 7.03. The fourth-order valence-corrected chi connectivity index (χ4v) is 4.88. The zero-order chi connectivity index (χ0) is 28.0. The molecule has 8 heteroatoms. The summed E-state index contributed by atoms with van der Waals surface area (Å²) < 4.78 is 9.50. The molecule has 0 atom stereocenters. The molecule has 0 saturated heterocycles. The average Bonchev–Trinajstić information content (AvgIpc) is 3.51. The van der Waals surface area contributed by atoms with Gasteiger partial charge in [-0.3, -0.25) is 9.59 Å². The number of benzene rings is 4. The lowest BCUT2D eigenvalue weighted by Crippen LogP contribution is -2.13. The number of ether oxygens (including phenoxy) is 2. The molecule has 0 bridgehead atoms. The molecule has 0 amide bonds. The van der Waals surface area contributed by atoms with E-state index in [1.165, 1.54) is 14.2 Å². The first-order chi connectivity index (χ1) is 19.4. The van der Waals surface area contributed by atoms with E-state index in [-0.39, 0.29) is 23.0 Å². The van der Waals surface area contributed by atoms with Gasteiger partial charge in [-0.2, -0.15) is 0 Å². The lowest BCUT2D eigenvalue weighted by atomic mass is 9.99. The molecule has 2 heterocycles. The maximum absolute atomic E-state index is 13.4. The Morgan fingerprint density at radius 1 is 0.525 bits per heavy atom. The maximum Gasteiger partial charge on any atom is 0.337 e. The number of rotatable bonds is 4. The first-order valence-electron chi connectivity index (χ1n) is 12.4. The minimum atomic E-state index is -0.422. The van der Waals surface area contributed by atoms with E-state index in [1.807, 2.05) is 12.1 Å². The molecule has 4 aromatic carbocycles. The summed E-state index contributed by atoms with van der Waals surface area (Å²) in [6.45, 7) is 0. The van der Waals surface area contributed by atoms with Crippen LogP contribution in [0.2, 0.25) is 0 Å². The minimum absolute atomic E-state index is 0.193. The van der Waals surface area contributed by atoms with Crippen LogP contribution in [0.25, 0.3) is 22.3 Å². The summed E-state index contributed by atoms with van der Waals surface area (Å²) in [7, 11) is 2.66. The van der Waals surface area contributed by atoms with Gasteiger partial charge < -0.3 is 20.1 Å². The number of hydrogen-bond acceptors (Lipinski definition) is 8. The molecule has 0 saturated carbocycles. The van der Waals surface area contributed by atoms with Crippen LogP contribution in [-0.4, -0.2) is 37.7 Å². The predicted octanol–water partition coefficient (Wildman–Crippen LogP) is 5.72. The van der Waals surface area contributed by atoms with Crippen LogP contribution in [0.3, 0.4) is 0 Å². The van der Waals surface area contributed by atoms with Crippen molar-refractivity contribution in [1.82, 2.24) is 0 Å². The van der Waals surface area contributed by atoms with Gasteiger partial charge in [0.05, 0.1) is 25.3 Å². The summed E-state index contributed by atoms with van der Waals surface area (Å²) >= 11 is 0. The number of fused-ring (bicyclic) bond motifs is 2. The number of esters is 2. The third-order valence-electron chi connectivity index (χ3n) is 7.03. The van der Waals surface area contributed by atoms with Gasteiger partial charge in [-0.05, 0) is 70.8 Å². The Hall–Kier alpha value is -5.50. The predicted molar refractivity (Wildman–Crippen MR) is 149 cm³/mol. The SMILES string of the molecule is COC(=O)c1ccc(-c2ccc3c(c2)C(=O)/C(=C2\Nc4ccc(-c5ccc(C(=O)OC)cc5)cc4C2=O)N3)cc1. The van der Waals surface area contributed by atoms with E-state index in [1.54, 1.807) is 72.8 Å². The van der Waals surface area contributed by atoms with Gasteiger partial charge in [-0.25, -0.2) is 9.59 Å². The van der Waals surface area contributed by atoms with Crippen LogP contribution in [-0.2, 0) is 9.47 Å². The number of ketones is 2. The molecular formula is C32H22N2O6. The molecule has 2 aliphatic rings. The van der Waals surface area contributed by atoms with Crippen molar-refractivity contribution >= 4 is 34.9 Å². The maximum atomic E-state index is 13.4.